The monoisotopic (exact) mass is 352 g/mol. The molecule has 0 amide bonds. The summed E-state index contributed by atoms with van der Waals surface area (Å²) in [6, 6.07) is 10.4. The van der Waals surface area contributed by atoms with Crippen LogP contribution >= 0.6 is 22.9 Å². The molecule has 0 fully saturated rings. The maximum atomic E-state index is 10.8. The van der Waals surface area contributed by atoms with Crippen LogP contribution in [-0.2, 0) is 13.1 Å². The van der Waals surface area contributed by atoms with Crippen molar-refractivity contribution in [2.24, 2.45) is 4.99 Å². The zero-order valence-corrected chi connectivity index (χ0v) is 14.4. The van der Waals surface area contributed by atoms with E-state index >= 15 is 0 Å². The number of guanidine groups is 1. The Balaban J connectivity index is 1.97. The average Bonchev–Trinajstić information content (AvgIpc) is 2.93. The lowest BCUT2D eigenvalue weighted by atomic mass is 10.2. The predicted octanol–water partition coefficient (Wildman–Crippen LogP) is 3.52. The van der Waals surface area contributed by atoms with Gasteiger partial charge < -0.3 is 10.2 Å². The highest BCUT2D eigenvalue weighted by Gasteiger charge is 2.10. The molecule has 0 saturated heterocycles. The van der Waals surface area contributed by atoms with Gasteiger partial charge in [-0.2, -0.15) is 0 Å². The molecular formula is C15H17ClN4O2S. The number of rotatable bonds is 5. The molecule has 1 aromatic heterocycles. The van der Waals surface area contributed by atoms with Crippen LogP contribution in [0.5, 0.6) is 0 Å². The number of halogens is 1. The fourth-order valence-corrected chi connectivity index (χ4v) is 3.23. The molecule has 0 radical (unpaired) electrons. The molecule has 0 bridgehead atoms. The second-order valence-electron chi connectivity index (χ2n) is 4.89. The Labute approximate surface area is 143 Å². The third kappa shape index (κ3) is 4.94. The van der Waals surface area contributed by atoms with Crippen molar-refractivity contribution in [2.75, 3.05) is 14.1 Å². The fraction of sp³-hybridized carbons (Fsp3) is 0.267. The van der Waals surface area contributed by atoms with Gasteiger partial charge in [-0.25, -0.2) is 0 Å². The Morgan fingerprint density at radius 1 is 1.43 bits per heavy atom. The Bertz CT molecular complexity index is 717. The van der Waals surface area contributed by atoms with Gasteiger partial charge in [0.25, 0.3) is 5.69 Å². The average molecular weight is 353 g/mol. The highest BCUT2D eigenvalue weighted by molar-refractivity contribution is 7.16. The summed E-state index contributed by atoms with van der Waals surface area (Å²) in [5.41, 5.74) is 0.911. The van der Waals surface area contributed by atoms with Crippen LogP contribution in [0.2, 0.25) is 4.34 Å². The smallest absolute Gasteiger partial charge is 0.269 e. The van der Waals surface area contributed by atoms with Crippen LogP contribution in [0.15, 0.2) is 41.4 Å². The Hall–Kier alpha value is -2.12. The molecule has 23 heavy (non-hydrogen) atoms. The van der Waals surface area contributed by atoms with Crippen LogP contribution in [0, 0.1) is 10.1 Å². The van der Waals surface area contributed by atoms with E-state index in [2.05, 4.69) is 10.3 Å². The maximum absolute atomic E-state index is 10.8. The van der Waals surface area contributed by atoms with E-state index in [9.17, 15) is 10.1 Å². The third-order valence-corrected chi connectivity index (χ3v) is 4.38. The third-order valence-electron chi connectivity index (χ3n) is 3.17. The lowest BCUT2D eigenvalue weighted by molar-refractivity contribution is -0.384. The first kappa shape index (κ1) is 17.2. The topological polar surface area (TPSA) is 70.8 Å². The van der Waals surface area contributed by atoms with Gasteiger partial charge in [0.2, 0.25) is 0 Å². The number of aliphatic imine (C=N–C) groups is 1. The van der Waals surface area contributed by atoms with Gasteiger partial charge in [0.05, 0.1) is 15.8 Å². The van der Waals surface area contributed by atoms with Crippen LogP contribution in [-0.4, -0.2) is 29.9 Å². The zero-order valence-electron chi connectivity index (χ0n) is 12.8. The molecule has 0 aliphatic carbocycles. The van der Waals surface area contributed by atoms with Crippen molar-refractivity contribution >= 4 is 34.6 Å². The summed E-state index contributed by atoms with van der Waals surface area (Å²) in [5, 5.41) is 14.0. The molecule has 1 N–H and O–H groups in total. The van der Waals surface area contributed by atoms with Crippen molar-refractivity contribution in [3.63, 3.8) is 0 Å². The molecule has 8 heteroatoms. The number of nitrogens with zero attached hydrogens (tertiary/aromatic N) is 3. The predicted molar refractivity (Wildman–Crippen MR) is 94.1 cm³/mol. The van der Waals surface area contributed by atoms with E-state index in [4.69, 9.17) is 11.6 Å². The number of thiophene rings is 1. The minimum atomic E-state index is -0.398. The van der Waals surface area contributed by atoms with E-state index in [1.165, 1.54) is 17.4 Å². The lowest BCUT2D eigenvalue weighted by Crippen LogP contribution is -2.37. The summed E-state index contributed by atoms with van der Waals surface area (Å²) in [6.07, 6.45) is 0. The molecule has 0 aliphatic rings. The fourth-order valence-electron chi connectivity index (χ4n) is 2.09. The van der Waals surface area contributed by atoms with Crippen molar-refractivity contribution in [1.29, 1.82) is 0 Å². The van der Waals surface area contributed by atoms with Gasteiger partial charge in [-0.1, -0.05) is 23.7 Å². The number of non-ortho nitro benzene ring substituents is 1. The lowest BCUT2D eigenvalue weighted by Gasteiger charge is -2.21. The van der Waals surface area contributed by atoms with Gasteiger partial charge in [0, 0.05) is 37.6 Å². The minimum absolute atomic E-state index is 0.0841. The van der Waals surface area contributed by atoms with Gasteiger partial charge >= 0.3 is 0 Å². The highest BCUT2D eigenvalue weighted by Crippen LogP contribution is 2.22. The molecular weight excluding hydrogens is 336 g/mol. The number of hydrogen-bond acceptors (Lipinski definition) is 4. The molecule has 2 rings (SSSR count). The molecule has 1 heterocycles. The summed E-state index contributed by atoms with van der Waals surface area (Å²) in [7, 11) is 3.63. The van der Waals surface area contributed by atoms with Crippen molar-refractivity contribution in [3.05, 3.63) is 61.3 Å². The standard InChI is InChI=1S/C15H17ClN4O2S/c1-17-15(19(2)10-13-6-7-14(16)23-13)18-9-11-4-3-5-12(8-11)20(21)22/h3-8H,9-10H2,1-2H3,(H,17,18). The Morgan fingerprint density at radius 3 is 2.83 bits per heavy atom. The number of nitrogens with one attached hydrogen (secondary N) is 1. The quantitative estimate of drug-likeness (QED) is 0.387. The molecule has 0 saturated carbocycles. The number of nitro benzene ring substituents is 1. The van der Waals surface area contributed by atoms with E-state index in [1.807, 2.05) is 30.1 Å². The van der Waals surface area contributed by atoms with E-state index in [0.717, 1.165) is 14.8 Å². The molecule has 0 unspecified atom stereocenters. The van der Waals surface area contributed by atoms with Gasteiger partial charge in [0.1, 0.15) is 0 Å². The van der Waals surface area contributed by atoms with Crippen LogP contribution in [0.1, 0.15) is 10.4 Å². The molecule has 0 atom stereocenters. The van der Waals surface area contributed by atoms with Crippen LogP contribution in [0.25, 0.3) is 0 Å². The van der Waals surface area contributed by atoms with Gasteiger partial charge in [0.15, 0.2) is 5.96 Å². The van der Waals surface area contributed by atoms with Crippen molar-refractivity contribution < 1.29 is 4.92 Å². The van der Waals surface area contributed by atoms with E-state index in [1.54, 1.807) is 19.2 Å². The first-order valence-electron chi connectivity index (χ1n) is 6.89. The van der Waals surface area contributed by atoms with Crippen LogP contribution in [0.3, 0.4) is 0 Å². The van der Waals surface area contributed by atoms with E-state index in [-0.39, 0.29) is 5.69 Å². The van der Waals surface area contributed by atoms with E-state index in [0.29, 0.717) is 19.0 Å². The van der Waals surface area contributed by atoms with Crippen LogP contribution < -0.4 is 5.32 Å². The molecule has 0 spiro atoms. The summed E-state index contributed by atoms with van der Waals surface area (Å²) < 4.78 is 0.757. The van der Waals surface area contributed by atoms with E-state index < -0.39 is 4.92 Å². The summed E-state index contributed by atoms with van der Waals surface area (Å²) >= 11 is 7.47. The maximum Gasteiger partial charge on any atom is 0.269 e. The van der Waals surface area contributed by atoms with Gasteiger partial charge in [-0.3, -0.25) is 15.1 Å². The summed E-state index contributed by atoms with van der Waals surface area (Å²) in [5.74, 6) is 0.709. The van der Waals surface area contributed by atoms with Crippen LogP contribution in [0.4, 0.5) is 5.69 Å². The zero-order chi connectivity index (χ0) is 16.8. The van der Waals surface area contributed by atoms with Crippen molar-refractivity contribution in [2.45, 2.75) is 13.1 Å². The molecule has 0 aliphatic heterocycles. The first-order valence-corrected chi connectivity index (χ1v) is 8.08. The van der Waals surface area contributed by atoms with Gasteiger partial charge in [-0.05, 0) is 17.7 Å². The number of nitro groups is 1. The minimum Gasteiger partial charge on any atom is -0.352 e. The van der Waals surface area contributed by atoms with Crippen molar-refractivity contribution in [3.8, 4) is 0 Å². The summed E-state index contributed by atoms with van der Waals surface area (Å²) in [4.78, 5) is 17.7. The largest absolute Gasteiger partial charge is 0.352 e. The number of benzene rings is 1. The number of hydrogen-bond donors (Lipinski definition) is 1. The Morgan fingerprint density at radius 2 is 2.22 bits per heavy atom. The first-order chi connectivity index (χ1) is 11.0. The second-order valence-corrected chi connectivity index (χ2v) is 6.69. The molecule has 1 aromatic carbocycles. The normalized spacial score (nSPS) is 11.3. The summed E-state index contributed by atoms with van der Waals surface area (Å²) in [6.45, 7) is 1.15. The van der Waals surface area contributed by atoms with Crippen molar-refractivity contribution in [1.82, 2.24) is 10.2 Å². The molecule has 2 aromatic rings. The second kappa shape index (κ2) is 7.94. The molecule has 122 valence electrons. The van der Waals surface area contributed by atoms with Gasteiger partial charge in [-0.15, -0.1) is 11.3 Å². The SMILES string of the molecule is CN=C(NCc1cccc([N+](=O)[O-])c1)N(C)Cc1ccc(Cl)s1. The highest BCUT2D eigenvalue weighted by atomic mass is 35.5. The Kier molecular flexibility index (Phi) is 5.95. The molecule has 6 nitrogen and oxygen atoms in total.